The standard InChI is InChI=1S/C28H52N2O3S/c1-22(2)11-8-12-23(3)13-9-14-24(4)15-10-16-25(5)17-20-34-21-26(27(31)32)29-28(33)30-18-6-7-19-30/h17,22-24,26H,6-16,18-21H2,1-5H3,(H,29,33)(H,31,32)/b25-17+. The number of thioether (sulfide) groups is 1. The van der Waals surface area contributed by atoms with E-state index in [1.54, 1.807) is 16.7 Å². The normalized spacial score (nSPS) is 17.1. The zero-order valence-corrected chi connectivity index (χ0v) is 23.4. The predicted octanol–water partition coefficient (Wildman–Crippen LogP) is 7.36. The Balaban J connectivity index is 2.13. The van der Waals surface area contributed by atoms with Crippen LogP contribution < -0.4 is 5.32 Å². The maximum absolute atomic E-state index is 12.2. The van der Waals surface area contributed by atoms with E-state index >= 15 is 0 Å². The van der Waals surface area contributed by atoms with Gasteiger partial charge in [-0.1, -0.05) is 84.3 Å². The van der Waals surface area contributed by atoms with Crippen molar-refractivity contribution in [2.75, 3.05) is 24.6 Å². The summed E-state index contributed by atoms with van der Waals surface area (Å²) in [5.74, 6) is 2.71. The van der Waals surface area contributed by atoms with Crippen molar-refractivity contribution in [1.82, 2.24) is 10.2 Å². The number of likely N-dealkylation sites (tertiary alicyclic amines) is 1. The summed E-state index contributed by atoms with van der Waals surface area (Å²) in [7, 11) is 0. The highest BCUT2D eigenvalue weighted by Crippen LogP contribution is 2.22. The molecule has 2 N–H and O–H groups in total. The van der Waals surface area contributed by atoms with Gasteiger partial charge >= 0.3 is 12.0 Å². The van der Waals surface area contributed by atoms with Crippen LogP contribution in [0.15, 0.2) is 11.6 Å². The molecule has 0 aromatic heterocycles. The zero-order valence-electron chi connectivity index (χ0n) is 22.6. The van der Waals surface area contributed by atoms with E-state index in [0.717, 1.165) is 55.9 Å². The molecule has 0 spiro atoms. The molecule has 0 saturated carbocycles. The molecule has 1 aliphatic rings. The molecule has 0 aliphatic carbocycles. The summed E-state index contributed by atoms with van der Waals surface area (Å²) >= 11 is 1.57. The van der Waals surface area contributed by atoms with Gasteiger partial charge in [0.05, 0.1) is 0 Å². The third kappa shape index (κ3) is 15.0. The minimum Gasteiger partial charge on any atom is -0.480 e. The topological polar surface area (TPSA) is 69.6 Å². The van der Waals surface area contributed by atoms with Crippen LogP contribution in [0, 0.1) is 17.8 Å². The third-order valence-electron chi connectivity index (χ3n) is 6.96. The first-order valence-corrected chi connectivity index (χ1v) is 14.9. The summed E-state index contributed by atoms with van der Waals surface area (Å²) in [5, 5.41) is 12.1. The largest absolute Gasteiger partial charge is 0.480 e. The van der Waals surface area contributed by atoms with E-state index < -0.39 is 12.0 Å². The van der Waals surface area contributed by atoms with E-state index in [2.05, 4.69) is 46.0 Å². The summed E-state index contributed by atoms with van der Waals surface area (Å²) in [6.07, 6.45) is 16.0. The van der Waals surface area contributed by atoms with Crippen molar-refractivity contribution in [2.45, 2.75) is 111 Å². The van der Waals surface area contributed by atoms with Gasteiger partial charge in [0.1, 0.15) is 6.04 Å². The molecule has 34 heavy (non-hydrogen) atoms. The van der Waals surface area contributed by atoms with E-state index in [1.165, 1.54) is 56.9 Å². The van der Waals surface area contributed by atoms with E-state index in [0.29, 0.717) is 5.75 Å². The molecule has 3 unspecified atom stereocenters. The van der Waals surface area contributed by atoms with Gasteiger partial charge in [-0.3, -0.25) is 0 Å². The lowest BCUT2D eigenvalue weighted by atomic mass is 9.91. The summed E-state index contributed by atoms with van der Waals surface area (Å²) < 4.78 is 0. The van der Waals surface area contributed by atoms with Crippen LogP contribution in [0.25, 0.3) is 0 Å². The van der Waals surface area contributed by atoms with Gasteiger partial charge in [0.2, 0.25) is 0 Å². The Labute approximate surface area is 213 Å². The van der Waals surface area contributed by atoms with Gasteiger partial charge in [0.15, 0.2) is 0 Å². The van der Waals surface area contributed by atoms with Gasteiger partial charge in [0.25, 0.3) is 0 Å². The minimum absolute atomic E-state index is 0.244. The summed E-state index contributed by atoms with van der Waals surface area (Å²) in [5.41, 5.74) is 1.38. The first-order valence-electron chi connectivity index (χ1n) is 13.7. The van der Waals surface area contributed by atoms with Crippen molar-refractivity contribution in [1.29, 1.82) is 0 Å². The molecule has 1 saturated heterocycles. The van der Waals surface area contributed by atoms with Gasteiger partial charge in [-0.2, -0.15) is 11.8 Å². The average molecular weight is 497 g/mol. The van der Waals surface area contributed by atoms with Crippen molar-refractivity contribution in [3.63, 3.8) is 0 Å². The Morgan fingerprint density at radius 1 is 0.941 bits per heavy atom. The molecule has 6 heteroatoms. The number of allylic oxidation sites excluding steroid dienone is 1. The minimum atomic E-state index is -0.959. The van der Waals surface area contributed by atoms with Crippen LogP contribution in [0.2, 0.25) is 0 Å². The van der Waals surface area contributed by atoms with Crippen molar-refractivity contribution in [3.8, 4) is 0 Å². The van der Waals surface area contributed by atoms with Gasteiger partial charge in [-0.15, -0.1) is 0 Å². The molecule has 0 aromatic carbocycles. The number of hydrogen-bond acceptors (Lipinski definition) is 3. The van der Waals surface area contributed by atoms with Crippen molar-refractivity contribution in [2.24, 2.45) is 17.8 Å². The average Bonchev–Trinajstić information content (AvgIpc) is 3.30. The Kier molecular flexibility index (Phi) is 16.5. The maximum Gasteiger partial charge on any atom is 0.327 e. The van der Waals surface area contributed by atoms with E-state index in [1.807, 2.05) is 0 Å². The summed E-state index contributed by atoms with van der Waals surface area (Å²) in [6, 6.07) is -1.07. The Morgan fingerprint density at radius 3 is 2.06 bits per heavy atom. The third-order valence-corrected chi connectivity index (χ3v) is 7.93. The Bertz CT molecular complexity index is 602. The number of carbonyl (C=O) groups excluding carboxylic acids is 1. The van der Waals surface area contributed by atoms with E-state index in [4.69, 9.17) is 0 Å². The molecule has 1 fully saturated rings. The number of amides is 2. The number of carboxylic acids is 1. The molecule has 1 heterocycles. The number of carboxylic acid groups (broad SMARTS) is 1. The lowest BCUT2D eigenvalue weighted by molar-refractivity contribution is -0.138. The molecule has 198 valence electrons. The molecule has 1 rings (SSSR count). The number of aliphatic carboxylic acids is 1. The highest BCUT2D eigenvalue weighted by atomic mass is 32.2. The lowest BCUT2D eigenvalue weighted by Gasteiger charge is -2.20. The van der Waals surface area contributed by atoms with Crippen LogP contribution in [0.4, 0.5) is 4.79 Å². The first kappa shape index (κ1) is 30.9. The first-order chi connectivity index (χ1) is 16.2. The van der Waals surface area contributed by atoms with Crippen LogP contribution >= 0.6 is 11.8 Å². The Morgan fingerprint density at radius 2 is 1.50 bits per heavy atom. The number of carbonyl (C=O) groups is 2. The fourth-order valence-electron chi connectivity index (χ4n) is 4.53. The lowest BCUT2D eigenvalue weighted by Crippen LogP contribution is -2.48. The predicted molar refractivity (Wildman–Crippen MR) is 147 cm³/mol. The second-order valence-corrected chi connectivity index (χ2v) is 12.1. The van der Waals surface area contributed by atoms with E-state index in [-0.39, 0.29) is 6.03 Å². The molecule has 1 aliphatic heterocycles. The second kappa shape index (κ2) is 18.1. The van der Waals surface area contributed by atoms with Gasteiger partial charge in [0, 0.05) is 24.6 Å². The number of nitrogens with one attached hydrogen (secondary N) is 1. The number of urea groups is 1. The second-order valence-electron chi connectivity index (χ2n) is 11.0. The molecule has 2 amide bonds. The fourth-order valence-corrected chi connectivity index (χ4v) is 5.53. The maximum atomic E-state index is 12.2. The quantitative estimate of drug-likeness (QED) is 0.154. The van der Waals surface area contributed by atoms with Crippen LogP contribution in [0.1, 0.15) is 105 Å². The molecule has 3 atom stereocenters. The van der Waals surface area contributed by atoms with Crippen molar-refractivity contribution in [3.05, 3.63) is 11.6 Å². The highest BCUT2D eigenvalue weighted by Gasteiger charge is 2.24. The zero-order chi connectivity index (χ0) is 25.3. The molecular formula is C28H52N2O3S. The van der Waals surface area contributed by atoms with Gasteiger partial charge in [-0.25, -0.2) is 9.59 Å². The van der Waals surface area contributed by atoms with Gasteiger partial charge in [-0.05, 0) is 50.4 Å². The molecular weight excluding hydrogens is 444 g/mol. The molecule has 0 aromatic rings. The van der Waals surface area contributed by atoms with Crippen molar-refractivity contribution < 1.29 is 14.7 Å². The van der Waals surface area contributed by atoms with Crippen molar-refractivity contribution >= 4 is 23.8 Å². The SMILES string of the molecule is C/C(=C\CSCC(NC(=O)N1CCCC1)C(=O)O)CCCC(C)CCCC(C)CCCC(C)C. The van der Waals surface area contributed by atoms with Crippen LogP contribution in [-0.4, -0.2) is 52.6 Å². The molecule has 5 nitrogen and oxygen atoms in total. The van der Waals surface area contributed by atoms with E-state index in [9.17, 15) is 14.7 Å². The number of hydrogen-bond donors (Lipinski definition) is 2. The number of rotatable bonds is 18. The smallest absolute Gasteiger partial charge is 0.327 e. The molecule has 0 radical (unpaired) electrons. The highest BCUT2D eigenvalue weighted by molar-refractivity contribution is 7.99. The van der Waals surface area contributed by atoms with Crippen LogP contribution in [0.3, 0.4) is 0 Å². The fraction of sp³-hybridized carbons (Fsp3) is 0.857. The van der Waals surface area contributed by atoms with Crippen LogP contribution in [0.5, 0.6) is 0 Å². The Hall–Kier alpha value is -1.17. The summed E-state index contributed by atoms with van der Waals surface area (Å²) in [4.78, 5) is 25.4. The van der Waals surface area contributed by atoms with Crippen LogP contribution in [-0.2, 0) is 4.79 Å². The van der Waals surface area contributed by atoms with Gasteiger partial charge < -0.3 is 15.3 Å². The summed E-state index contributed by atoms with van der Waals surface area (Å²) in [6.45, 7) is 13.1. The monoisotopic (exact) mass is 496 g/mol. The number of nitrogens with zero attached hydrogens (tertiary/aromatic N) is 1. The molecule has 0 bridgehead atoms.